The van der Waals surface area contributed by atoms with Gasteiger partial charge in [-0.15, -0.1) is 0 Å². The number of hydrogen-bond acceptors (Lipinski definition) is 2. The van der Waals surface area contributed by atoms with Crippen molar-refractivity contribution in [1.82, 2.24) is 14.4 Å². The van der Waals surface area contributed by atoms with Crippen LogP contribution in [0.5, 0.6) is 0 Å². The number of benzene rings is 8. The summed E-state index contributed by atoms with van der Waals surface area (Å²) in [6.07, 6.45) is 3.56. The van der Waals surface area contributed by atoms with E-state index in [-0.39, 0.29) is 0 Å². The SMILES string of the molecule is c1ccc(-c2ccc3c(c2)c2cccc4c5cc(-c6cccc(-c7ccc8c(c7)c7ccccc7c7nccnc87)c6)ccc5n3c24)cc1. The van der Waals surface area contributed by atoms with Gasteiger partial charge in [0.1, 0.15) is 0 Å². The van der Waals surface area contributed by atoms with Gasteiger partial charge in [-0.3, -0.25) is 9.97 Å². The summed E-state index contributed by atoms with van der Waals surface area (Å²) in [6, 6.07) is 55.4. The quantitative estimate of drug-likeness (QED) is 0.184. The van der Waals surface area contributed by atoms with Crippen molar-refractivity contribution < 1.29 is 0 Å². The van der Waals surface area contributed by atoms with E-state index in [2.05, 4.69) is 156 Å². The molecule has 226 valence electrons. The largest absolute Gasteiger partial charge is 0.308 e. The number of hydrogen-bond donors (Lipinski definition) is 0. The van der Waals surface area contributed by atoms with E-state index in [0.29, 0.717) is 0 Å². The summed E-state index contributed by atoms with van der Waals surface area (Å²) in [6.45, 7) is 0. The standard InChI is InChI=1S/C46H27N3/c1-2-8-28(9-3-1)31-17-20-42-40(26-31)37-14-7-15-38-41-27-33(18-21-43(41)49(42)46(37)38)30-11-6-10-29(24-30)32-16-19-36-39(25-32)34-12-4-5-13-35(34)44-45(36)48-23-22-47-44/h1-27H. The van der Waals surface area contributed by atoms with Crippen LogP contribution in [0.25, 0.3) is 104 Å². The predicted octanol–water partition coefficient (Wildman–Crippen LogP) is 12.1. The van der Waals surface area contributed by atoms with Crippen molar-refractivity contribution in [3.05, 3.63) is 164 Å². The van der Waals surface area contributed by atoms with Gasteiger partial charge in [0.2, 0.25) is 0 Å². The number of aromatic nitrogens is 3. The van der Waals surface area contributed by atoms with Gasteiger partial charge in [-0.1, -0.05) is 115 Å². The predicted molar refractivity (Wildman–Crippen MR) is 206 cm³/mol. The Morgan fingerprint density at radius 2 is 0.776 bits per heavy atom. The molecule has 3 aromatic heterocycles. The summed E-state index contributed by atoms with van der Waals surface area (Å²) < 4.78 is 2.46. The molecule has 0 aliphatic heterocycles. The van der Waals surface area contributed by atoms with E-state index in [1.807, 2.05) is 0 Å². The van der Waals surface area contributed by atoms with Crippen molar-refractivity contribution in [3.8, 4) is 33.4 Å². The van der Waals surface area contributed by atoms with E-state index >= 15 is 0 Å². The van der Waals surface area contributed by atoms with Crippen molar-refractivity contribution in [2.24, 2.45) is 0 Å². The molecule has 0 N–H and O–H groups in total. The summed E-state index contributed by atoms with van der Waals surface area (Å²) in [4.78, 5) is 9.44. The average Bonchev–Trinajstić information content (AvgIpc) is 3.70. The van der Waals surface area contributed by atoms with Crippen LogP contribution in [0.15, 0.2) is 164 Å². The molecule has 3 nitrogen and oxygen atoms in total. The zero-order valence-electron chi connectivity index (χ0n) is 26.4. The summed E-state index contributed by atoms with van der Waals surface area (Å²) in [7, 11) is 0. The fraction of sp³-hybridized carbons (Fsp3) is 0. The third-order valence-electron chi connectivity index (χ3n) is 10.4. The van der Waals surface area contributed by atoms with Gasteiger partial charge in [0.05, 0.1) is 27.6 Å². The molecule has 8 aromatic carbocycles. The Kier molecular flexibility index (Phi) is 5.38. The molecule has 0 fully saturated rings. The first kappa shape index (κ1) is 26.5. The summed E-state index contributed by atoms with van der Waals surface area (Å²) in [5.41, 5.74) is 13.0. The molecule has 0 radical (unpaired) electrons. The van der Waals surface area contributed by atoms with E-state index < -0.39 is 0 Å². The minimum Gasteiger partial charge on any atom is -0.308 e. The molecule has 0 aliphatic rings. The Morgan fingerprint density at radius 1 is 0.306 bits per heavy atom. The fourth-order valence-electron chi connectivity index (χ4n) is 8.16. The first-order valence-electron chi connectivity index (χ1n) is 16.7. The molecule has 0 aliphatic carbocycles. The molecule has 49 heavy (non-hydrogen) atoms. The van der Waals surface area contributed by atoms with E-state index in [1.165, 1.54) is 82.2 Å². The molecule has 3 heterocycles. The van der Waals surface area contributed by atoms with Gasteiger partial charge in [-0.05, 0) is 80.6 Å². The maximum Gasteiger partial charge on any atom is 0.0971 e. The van der Waals surface area contributed by atoms with Crippen LogP contribution in [-0.2, 0) is 0 Å². The highest BCUT2D eigenvalue weighted by atomic mass is 14.9. The summed E-state index contributed by atoms with van der Waals surface area (Å²) in [5.74, 6) is 0. The highest BCUT2D eigenvalue weighted by Gasteiger charge is 2.18. The molecule has 11 rings (SSSR count). The molecule has 0 bridgehead atoms. The molecule has 0 spiro atoms. The third kappa shape index (κ3) is 3.78. The van der Waals surface area contributed by atoms with Gasteiger partial charge in [-0.25, -0.2) is 0 Å². The molecule has 0 saturated carbocycles. The lowest BCUT2D eigenvalue weighted by Gasteiger charge is -2.11. The van der Waals surface area contributed by atoms with Gasteiger partial charge in [0.25, 0.3) is 0 Å². The lowest BCUT2D eigenvalue weighted by Crippen LogP contribution is -1.89. The Bertz CT molecular complexity index is 3060. The van der Waals surface area contributed by atoms with Gasteiger partial charge >= 0.3 is 0 Å². The van der Waals surface area contributed by atoms with Crippen LogP contribution in [0, 0.1) is 0 Å². The maximum atomic E-state index is 4.74. The molecule has 0 unspecified atom stereocenters. The van der Waals surface area contributed by atoms with Crippen LogP contribution in [0.2, 0.25) is 0 Å². The summed E-state index contributed by atoms with van der Waals surface area (Å²) in [5, 5.41) is 9.82. The van der Waals surface area contributed by atoms with Crippen LogP contribution in [0.4, 0.5) is 0 Å². The number of fused-ring (bicyclic) bond motifs is 12. The highest BCUT2D eigenvalue weighted by molar-refractivity contribution is 6.25. The Hall–Kier alpha value is -6.58. The lowest BCUT2D eigenvalue weighted by molar-refractivity contribution is 1.31. The minimum atomic E-state index is 0.944. The third-order valence-corrected chi connectivity index (χ3v) is 10.4. The number of nitrogens with zero attached hydrogens (tertiary/aromatic N) is 3. The molecule has 0 amide bonds. The van der Waals surface area contributed by atoms with E-state index in [1.54, 1.807) is 12.4 Å². The van der Waals surface area contributed by atoms with E-state index in [0.717, 1.165) is 21.8 Å². The molecular formula is C46H27N3. The summed E-state index contributed by atoms with van der Waals surface area (Å²) >= 11 is 0. The zero-order valence-corrected chi connectivity index (χ0v) is 26.4. The zero-order chi connectivity index (χ0) is 32.1. The second-order valence-electron chi connectivity index (χ2n) is 13.0. The fourth-order valence-corrected chi connectivity index (χ4v) is 8.16. The molecular weight excluding hydrogens is 595 g/mol. The second kappa shape index (κ2) is 9.96. The van der Waals surface area contributed by atoms with Crippen molar-refractivity contribution in [3.63, 3.8) is 0 Å². The number of rotatable bonds is 3. The smallest absolute Gasteiger partial charge is 0.0971 e. The van der Waals surface area contributed by atoms with Gasteiger partial charge < -0.3 is 4.40 Å². The molecule has 3 heteroatoms. The van der Waals surface area contributed by atoms with Crippen LogP contribution in [0.1, 0.15) is 0 Å². The normalized spacial score (nSPS) is 12.1. The van der Waals surface area contributed by atoms with Gasteiger partial charge in [0, 0.05) is 44.7 Å². The lowest BCUT2D eigenvalue weighted by atomic mass is 9.94. The topological polar surface area (TPSA) is 30.2 Å². The molecule has 0 saturated heterocycles. The van der Waals surface area contributed by atoms with Crippen LogP contribution in [0.3, 0.4) is 0 Å². The van der Waals surface area contributed by atoms with Crippen molar-refractivity contribution in [2.75, 3.05) is 0 Å². The van der Waals surface area contributed by atoms with Crippen LogP contribution < -0.4 is 0 Å². The Morgan fingerprint density at radius 3 is 1.45 bits per heavy atom. The second-order valence-corrected chi connectivity index (χ2v) is 13.0. The van der Waals surface area contributed by atoms with E-state index in [9.17, 15) is 0 Å². The monoisotopic (exact) mass is 621 g/mol. The first-order chi connectivity index (χ1) is 24.3. The Labute approximate surface area is 281 Å². The highest BCUT2D eigenvalue weighted by Crippen LogP contribution is 2.42. The van der Waals surface area contributed by atoms with Crippen molar-refractivity contribution >= 4 is 70.7 Å². The van der Waals surface area contributed by atoms with Gasteiger partial charge in [-0.2, -0.15) is 0 Å². The van der Waals surface area contributed by atoms with E-state index in [4.69, 9.17) is 9.97 Å². The Balaban J connectivity index is 1.06. The number of para-hydroxylation sites is 1. The minimum absolute atomic E-state index is 0.944. The molecule has 11 aromatic rings. The average molecular weight is 622 g/mol. The van der Waals surface area contributed by atoms with Gasteiger partial charge in [0.15, 0.2) is 0 Å². The van der Waals surface area contributed by atoms with Crippen molar-refractivity contribution in [2.45, 2.75) is 0 Å². The first-order valence-corrected chi connectivity index (χ1v) is 16.7. The molecule has 0 atom stereocenters. The van der Waals surface area contributed by atoms with Crippen molar-refractivity contribution in [1.29, 1.82) is 0 Å². The maximum absolute atomic E-state index is 4.74. The van der Waals surface area contributed by atoms with Crippen LogP contribution >= 0.6 is 0 Å². The van der Waals surface area contributed by atoms with Crippen LogP contribution in [-0.4, -0.2) is 14.4 Å².